The maximum Gasteiger partial charge on any atom is 0.212 e. The molecule has 4 nitrogen and oxygen atoms in total. The van der Waals surface area contributed by atoms with Crippen molar-refractivity contribution in [1.82, 2.24) is 9.78 Å². The van der Waals surface area contributed by atoms with Crippen LogP contribution in [0.3, 0.4) is 0 Å². The van der Waals surface area contributed by atoms with E-state index in [9.17, 15) is 4.79 Å². The maximum atomic E-state index is 12.8. The van der Waals surface area contributed by atoms with Gasteiger partial charge in [0.25, 0.3) is 0 Å². The molecular formula is C16H18BrN3O. The summed E-state index contributed by atoms with van der Waals surface area (Å²) in [6, 6.07) is 5.92. The summed E-state index contributed by atoms with van der Waals surface area (Å²) in [5.74, 6) is 0.0289. The van der Waals surface area contributed by atoms with Crippen LogP contribution in [0.5, 0.6) is 0 Å². The van der Waals surface area contributed by atoms with E-state index in [4.69, 9.17) is 0 Å². The Morgan fingerprint density at radius 2 is 2.33 bits per heavy atom. The highest BCUT2D eigenvalue weighted by molar-refractivity contribution is 9.10. The molecule has 1 aliphatic heterocycles. The molecule has 0 fully saturated rings. The molecule has 0 amide bonds. The van der Waals surface area contributed by atoms with E-state index in [1.54, 1.807) is 10.9 Å². The standard InChI is InChI=1S/C16H18BrN3O/c1-2-8-20-15(13(17)10-19-20)16(21)12-5-6-14-11(9-12)4-3-7-18-14/h5-6,9-10,18H,2-4,7-8H2,1H3. The summed E-state index contributed by atoms with van der Waals surface area (Å²) < 4.78 is 2.54. The smallest absolute Gasteiger partial charge is 0.212 e. The lowest BCUT2D eigenvalue weighted by Gasteiger charge is -2.18. The van der Waals surface area contributed by atoms with Crippen molar-refractivity contribution in [3.05, 3.63) is 45.7 Å². The van der Waals surface area contributed by atoms with Crippen LogP contribution in [0.2, 0.25) is 0 Å². The molecule has 0 saturated carbocycles. The summed E-state index contributed by atoms with van der Waals surface area (Å²) in [4.78, 5) is 12.8. The van der Waals surface area contributed by atoms with Gasteiger partial charge in [0.1, 0.15) is 5.69 Å². The summed E-state index contributed by atoms with van der Waals surface area (Å²) in [6.07, 6.45) is 4.78. The van der Waals surface area contributed by atoms with Crippen LogP contribution in [0.15, 0.2) is 28.9 Å². The van der Waals surface area contributed by atoms with Crippen LogP contribution >= 0.6 is 15.9 Å². The number of nitrogens with zero attached hydrogens (tertiary/aromatic N) is 2. The molecule has 1 aromatic carbocycles. The number of halogens is 1. The van der Waals surface area contributed by atoms with Gasteiger partial charge < -0.3 is 5.32 Å². The van der Waals surface area contributed by atoms with Crippen LogP contribution in [-0.2, 0) is 13.0 Å². The number of nitrogens with one attached hydrogen (secondary N) is 1. The Morgan fingerprint density at radius 3 is 3.14 bits per heavy atom. The number of carbonyl (C=O) groups excluding carboxylic acids is 1. The minimum absolute atomic E-state index is 0.0289. The molecule has 0 aliphatic carbocycles. The van der Waals surface area contributed by atoms with E-state index < -0.39 is 0 Å². The predicted molar refractivity (Wildman–Crippen MR) is 86.9 cm³/mol. The average Bonchev–Trinajstić information content (AvgIpc) is 2.87. The number of hydrogen-bond donors (Lipinski definition) is 1. The van der Waals surface area contributed by atoms with E-state index in [0.29, 0.717) is 5.69 Å². The fourth-order valence-electron chi connectivity index (χ4n) is 2.72. The molecule has 0 bridgehead atoms. The Bertz CT molecular complexity index is 678. The van der Waals surface area contributed by atoms with Crippen molar-refractivity contribution in [2.75, 3.05) is 11.9 Å². The summed E-state index contributed by atoms with van der Waals surface area (Å²) in [5.41, 5.74) is 3.75. The number of ketones is 1. The molecule has 2 aromatic rings. The Labute approximate surface area is 132 Å². The molecule has 0 radical (unpaired) electrons. The largest absolute Gasteiger partial charge is 0.385 e. The first kappa shape index (κ1) is 14.3. The Hall–Kier alpha value is -1.62. The van der Waals surface area contributed by atoms with Crippen molar-refractivity contribution in [3.63, 3.8) is 0 Å². The third-order valence-electron chi connectivity index (χ3n) is 3.75. The highest BCUT2D eigenvalue weighted by Crippen LogP contribution is 2.26. The van der Waals surface area contributed by atoms with Gasteiger partial charge in [-0.05, 0) is 59.0 Å². The van der Waals surface area contributed by atoms with Crippen LogP contribution in [0.1, 0.15) is 41.4 Å². The molecule has 1 aromatic heterocycles. The van der Waals surface area contributed by atoms with Gasteiger partial charge in [-0.3, -0.25) is 9.48 Å². The number of carbonyl (C=O) groups is 1. The number of rotatable bonds is 4. The maximum absolute atomic E-state index is 12.8. The van der Waals surface area contributed by atoms with Crippen LogP contribution in [-0.4, -0.2) is 22.1 Å². The first-order valence-electron chi connectivity index (χ1n) is 7.33. The third-order valence-corrected chi connectivity index (χ3v) is 4.33. The average molecular weight is 348 g/mol. The quantitative estimate of drug-likeness (QED) is 0.858. The van der Waals surface area contributed by atoms with Crippen molar-refractivity contribution in [3.8, 4) is 0 Å². The molecule has 0 saturated heterocycles. The highest BCUT2D eigenvalue weighted by atomic mass is 79.9. The zero-order valence-electron chi connectivity index (χ0n) is 12.0. The van der Waals surface area contributed by atoms with Gasteiger partial charge in [0.05, 0.1) is 10.7 Å². The number of aryl methyl sites for hydroxylation is 2. The number of aromatic nitrogens is 2. The minimum Gasteiger partial charge on any atom is -0.385 e. The van der Waals surface area contributed by atoms with Gasteiger partial charge in [-0.15, -0.1) is 0 Å². The van der Waals surface area contributed by atoms with Gasteiger partial charge >= 0.3 is 0 Å². The molecule has 1 aliphatic rings. The Morgan fingerprint density at radius 1 is 1.48 bits per heavy atom. The molecule has 2 heterocycles. The van der Waals surface area contributed by atoms with Crippen LogP contribution in [0.25, 0.3) is 0 Å². The van der Waals surface area contributed by atoms with Gasteiger partial charge in [0, 0.05) is 24.3 Å². The lowest BCUT2D eigenvalue weighted by atomic mass is 9.98. The number of anilines is 1. The molecular weight excluding hydrogens is 330 g/mol. The molecule has 21 heavy (non-hydrogen) atoms. The fraction of sp³-hybridized carbons (Fsp3) is 0.375. The molecule has 0 spiro atoms. The second-order valence-corrected chi connectivity index (χ2v) is 6.15. The first-order valence-corrected chi connectivity index (χ1v) is 8.13. The van der Waals surface area contributed by atoms with E-state index in [-0.39, 0.29) is 5.78 Å². The molecule has 0 unspecified atom stereocenters. The minimum atomic E-state index is 0.0289. The molecule has 110 valence electrons. The van der Waals surface area contributed by atoms with E-state index >= 15 is 0 Å². The SMILES string of the molecule is CCCn1ncc(Br)c1C(=O)c1ccc2c(c1)CCCN2. The second-order valence-electron chi connectivity index (χ2n) is 5.30. The van der Waals surface area contributed by atoms with Gasteiger partial charge in [-0.2, -0.15) is 5.10 Å². The zero-order chi connectivity index (χ0) is 14.8. The summed E-state index contributed by atoms with van der Waals surface area (Å²) >= 11 is 3.44. The van der Waals surface area contributed by atoms with E-state index in [1.807, 2.05) is 18.2 Å². The van der Waals surface area contributed by atoms with Crippen molar-refractivity contribution in [1.29, 1.82) is 0 Å². The number of hydrogen-bond acceptors (Lipinski definition) is 3. The lowest BCUT2D eigenvalue weighted by molar-refractivity contribution is 0.102. The number of fused-ring (bicyclic) bond motifs is 1. The monoisotopic (exact) mass is 347 g/mol. The molecule has 0 atom stereocenters. The molecule has 5 heteroatoms. The Kier molecular flexibility index (Phi) is 4.10. The zero-order valence-corrected chi connectivity index (χ0v) is 13.6. The van der Waals surface area contributed by atoms with Gasteiger partial charge in [0.2, 0.25) is 5.78 Å². The van der Waals surface area contributed by atoms with Crippen LogP contribution in [0.4, 0.5) is 5.69 Å². The second kappa shape index (κ2) is 6.02. The normalized spacial score (nSPS) is 13.6. The fourth-order valence-corrected chi connectivity index (χ4v) is 3.20. The van der Waals surface area contributed by atoms with E-state index in [1.165, 1.54) is 5.56 Å². The summed E-state index contributed by atoms with van der Waals surface area (Å²) in [7, 11) is 0. The van der Waals surface area contributed by atoms with Gasteiger partial charge in [-0.1, -0.05) is 6.92 Å². The first-order chi connectivity index (χ1) is 10.2. The van der Waals surface area contributed by atoms with Crippen molar-refractivity contribution >= 4 is 27.4 Å². The third kappa shape index (κ3) is 2.75. The van der Waals surface area contributed by atoms with Crippen molar-refractivity contribution < 1.29 is 4.79 Å². The predicted octanol–water partition coefficient (Wildman–Crippen LogP) is 3.64. The van der Waals surface area contributed by atoms with Crippen molar-refractivity contribution in [2.45, 2.75) is 32.7 Å². The van der Waals surface area contributed by atoms with E-state index in [0.717, 1.165) is 48.1 Å². The Balaban J connectivity index is 1.97. The lowest BCUT2D eigenvalue weighted by Crippen LogP contribution is -2.15. The van der Waals surface area contributed by atoms with Crippen LogP contribution < -0.4 is 5.32 Å². The van der Waals surface area contributed by atoms with Crippen LogP contribution in [0, 0.1) is 0 Å². The van der Waals surface area contributed by atoms with Gasteiger partial charge in [0.15, 0.2) is 0 Å². The molecule has 3 rings (SSSR count). The highest BCUT2D eigenvalue weighted by Gasteiger charge is 2.20. The number of benzene rings is 1. The topological polar surface area (TPSA) is 46.9 Å². The van der Waals surface area contributed by atoms with Crippen molar-refractivity contribution in [2.24, 2.45) is 0 Å². The summed E-state index contributed by atoms with van der Waals surface area (Å²) in [5, 5.41) is 7.64. The van der Waals surface area contributed by atoms with Gasteiger partial charge in [-0.25, -0.2) is 0 Å². The molecule has 1 N–H and O–H groups in total. The summed E-state index contributed by atoms with van der Waals surface area (Å²) in [6.45, 7) is 3.84. The van der Waals surface area contributed by atoms with E-state index in [2.05, 4.69) is 33.3 Å².